The van der Waals surface area contributed by atoms with Crippen LogP contribution in [0.15, 0.2) is 0 Å². The molecule has 44 valence electrons. The monoisotopic (exact) mass is 185 g/mol. The summed E-state index contributed by atoms with van der Waals surface area (Å²) in [6.45, 7) is 0. The van der Waals surface area contributed by atoms with Crippen molar-refractivity contribution in [1.29, 1.82) is 0 Å². The summed E-state index contributed by atoms with van der Waals surface area (Å²) in [4.78, 5) is 9.80. The third-order valence-corrected chi connectivity index (χ3v) is 0.860. The summed E-state index contributed by atoms with van der Waals surface area (Å²) in [5, 5.41) is 0. The normalized spacial score (nSPS) is 7.00. The van der Waals surface area contributed by atoms with Crippen LogP contribution in [0.2, 0.25) is 0 Å². The molecule has 0 rings (SSSR count). The second kappa shape index (κ2) is 6.30. The molecule has 1 amide bonds. The SMILES string of the molecule is Br.CSCC(N)=O. The molecule has 0 aromatic rings. The van der Waals surface area contributed by atoms with Crippen molar-refractivity contribution in [2.24, 2.45) is 5.73 Å². The van der Waals surface area contributed by atoms with E-state index in [0.29, 0.717) is 5.75 Å². The highest BCUT2D eigenvalue weighted by molar-refractivity contribution is 8.93. The lowest BCUT2D eigenvalue weighted by molar-refractivity contribution is -0.115. The second-order valence-corrected chi connectivity index (χ2v) is 1.77. The van der Waals surface area contributed by atoms with Gasteiger partial charge in [-0.25, -0.2) is 0 Å². The molecule has 0 saturated carbocycles. The largest absolute Gasteiger partial charge is 0.369 e. The van der Waals surface area contributed by atoms with Gasteiger partial charge in [-0.15, -0.1) is 17.0 Å². The van der Waals surface area contributed by atoms with Crippen LogP contribution in [0.1, 0.15) is 0 Å². The summed E-state index contributed by atoms with van der Waals surface area (Å²) < 4.78 is 0. The fourth-order valence-corrected chi connectivity index (χ4v) is 0.427. The fourth-order valence-electron chi connectivity index (χ4n) is 0.142. The second-order valence-electron chi connectivity index (χ2n) is 0.899. The number of nitrogens with two attached hydrogens (primary N) is 1. The number of primary amides is 1. The van der Waals surface area contributed by atoms with Gasteiger partial charge in [0.25, 0.3) is 0 Å². The van der Waals surface area contributed by atoms with Gasteiger partial charge in [-0.05, 0) is 6.26 Å². The summed E-state index contributed by atoms with van der Waals surface area (Å²) in [5.41, 5.74) is 4.74. The van der Waals surface area contributed by atoms with E-state index in [4.69, 9.17) is 5.73 Å². The maximum atomic E-state index is 9.80. The first kappa shape index (κ1) is 10.3. The molecule has 4 heteroatoms. The average molecular weight is 186 g/mol. The van der Waals surface area contributed by atoms with Gasteiger partial charge in [0, 0.05) is 0 Å². The Bertz CT molecular complexity index is 58.9. The highest BCUT2D eigenvalue weighted by atomic mass is 79.9. The molecule has 0 heterocycles. The van der Waals surface area contributed by atoms with Crippen LogP contribution in [0.3, 0.4) is 0 Å². The van der Waals surface area contributed by atoms with Gasteiger partial charge >= 0.3 is 0 Å². The Balaban J connectivity index is 0. The lowest BCUT2D eigenvalue weighted by Gasteiger charge is -1.81. The van der Waals surface area contributed by atoms with Gasteiger partial charge in [0.1, 0.15) is 0 Å². The summed E-state index contributed by atoms with van der Waals surface area (Å²) in [5.74, 6) is 0.183. The summed E-state index contributed by atoms with van der Waals surface area (Å²) in [7, 11) is 0. The maximum absolute atomic E-state index is 9.80. The van der Waals surface area contributed by atoms with Crippen molar-refractivity contribution in [2.45, 2.75) is 0 Å². The van der Waals surface area contributed by atoms with E-state index in [1.54, 1.807) is 0 Å². The Kier molecular flexibility index (Phi) is 9.28. The fraction of sp³-hybridized carbons (Fsp3) is 0.667. The molecule has 2 N–H and O–H groups in total. The number of halogens is 1. The minimum atomic E-state index is -0.248. The Morgan fingerprint density at radius 3 is 2.29 bits per heavy atom. The van der Waals surface area contributed by atoms with Crippen molar-refractivity contribution in [3.63, 3.8) is 0 Å². The van der Waals surface area contributed by atoms with E-state index in [-0.39, 0.29) is 22.9 Å². The Hall–Kier alpha value is 0.300. The molecule has 0 radical (unpaired) electrons. The molecule has 0 saturated heterocycles. The van der Waals surface area contributed by atoms with Crippen molar-refractivity contribution >= 4 is 34.7 Å². The van der Waals surface area contributed by atoms with Crippen LogP contribution in [0.4, 0.5) is 0 Å². The minimum Gasteiger partial charge on any atom is -0.369 e. The van der Waals surface area contributed by atoms with Crippen LogP contribution in [-0.2, 0) is 4.79 Å². The van der Waals surface area contributed by atoms with Gasteiger partial charge in [-0.2, -0.15) is 11.8 Å². The molecular formula is C3H8BrNOS. The Morgan fingerprint density at radius 1 is 1.86 bits per heavy atom. The van der Waals surface area contributed by atoms with Crippen molar-refractivity contribution in [3.8, 4) is 0 Å². The highest BCUT2D eigenvalue weighted by Crippen LogP contribution is 1.85. The van der Waals surface area contributed by atoms with Gasteiger partial charge < -0.3 is 5.73 Å². The average Bonchev–Trinajstić information content (AvgIpc) is 1.35. The van der Waals surface area contributed by atoms with E-state index < -0.39 is 0 Å². The van der Waals surface area contributed by atoms with Crippen molar-refractivity contribution in [3.05, 3.63) is 0 Å². The summed E-state index contributed by atoms with van der Waals surface area (Å²) >= 11 is 1.44. The number of amides is 1. The predicted molar refractivity (Wildman–Crippen MR) is 37.9 cm³/mol. The smallest absolute Gasteiger partial charge is 0.227 e. The van der Waals surface area contributed by atoms with Gasteiger partial charge in [-0.1, -0.05) is 0 Å². The first-order valence-electron chi connectivity index (χ1n) is 1.54. The third-order valence-electron chi connectivity index (χ3n) is 0.287. The zero-order chi connectivity index (χ0) is 4.99. The number of carbonyl (C=O) groups is 1. The zero-order valence-corrected chi connectivity index (χ0v) is 6.54. The number of hydrogen-bond acceptors (Lipinski definition) is 2. The first-order valence-corrected chi connectivity index (χ1v) is 2.94. The van der Waals surface area contributed by atoms with Crippen molar-refractivity contribution in [1.82, 2.24) is 0 Å². The van der Waals surface area contributed by atoms with Gasteiger partial charge in [0.15, 0.2) is 0 Å². The highest BCUT2D eigenvalue weighted by Gasteiger charge is 1.84. The van der Waals surface area contributed by atoms with Gasteiger partial charge in [-0.3, -0.25) is 4.79 Å². The Labute approximate surface area is 57.6 Å². The van der Waals surface area contributed by atoms with Gasteiger partial charge in [0.05, 0.1) is 5.75 Å². The minimum absolute atomic E-state index is 0. The molecule has 0 bridgehead atoms. The first-order chi connectivity index (χ1) is 2.77. The van der Waals surface area contributed by atoms with Crippen LogP contribution in [0.5, 0.6) is 0 Å². The molecule has 0 unspecified atom stereocenters. The number of thioether (sulfide) groups is 1. The van der Waals surface area contributed by atoms with Crippen LogP contribution >= 0.6 is 28.7 Å². The lowest BCUT2D eigenvalue weighted by Crippen LogP contribution is -2.12. The van der Waals surface area contributed by atoms with Crippen LogP contribution < -0.4 is 5.73 Å². The van der Waals surface area contributed by atoms with Crippen LogP contribution in [-0.4, -0.2) is 17.9 Å². The summed E-state index contributed by atoms with van der Waals surface area (Å²) in [6.07, 6.45) is 1.84. The molecule has 0 spiro atoms. The third kappa shape index (κ3) is 10.7. The predicted octanol–water partition coefficient (Wildman–Crippen LogP) is 0.413. The molecule has 0 fully saturated rings. The molecule has 0 aromatic heterocycles. The lowest BCUT2D eigenvalue weighted by atomic mass is 10.8. The Morgan fingerprint density at radius 2 is 2.29 bits per heavy atom. The molecule has 0 aliphatic carbocycles. The number of rotatable bonds is 2. The maximum Gasteiger partial charge on any atom is 0.227 e. The molecular weight excluding hydrogens is 178 g/mol. The number of hydrogen-bond donors (Lipinski definition) is 1. The van der Waals surface area contributed by atoms with E-state index in [9.17, 15) is 4.79 Å². The van der Waals surface area contributed by atoms with Crippen LogP contribution in [0.25, 0.3) is 0 Å². The molecule has 0 aromatic carbocycles. The molecule has 2 nitrogen and oxygen atoms in total. The quantitative estimate of drug-likeness (QED) is 0.678. The molecule has 0 aliphatic rings. The van der Waals surface area contributed by atoms with Gasteiger partial charge in [0.2, 0.25) is 5.91 Å². The standard InChI is InChI=1S/C3H7NOS.BrH/c1-6-2-3(4)5;/h2H2,1H3,(H2,4,5);1H. The molecule has 7 heavy (non-hydrogen) atoms. The van der Waals surface area contributed by atoms with E-state index in [1.807, 2.05) is 6.26 Å². The van der Waals surface area contributed by atoms with E-state index in [1.165, 1.54) is 11.8 Å². The van der Waals surface area contributed by atoms with Crippen molar-refractivity contribution in [2.75, 3.05) is 12.0 Å². The zero-order valence-electron chi connectivity index (χ0n) is 4.01. The van der Waals surface area contributed by atoms with Crippen LogP contribution in [0, 0.1) is 0 Å². The molecule has 0 atom stereocenters. The van der Waals surface area contributed by atoms with E-state index >= 15 is 0 Å². The summed E-state index contributed by atoms with van der Waals surface area (Å²) in [6, 6.07) is 0. The van der Waals surface area contributed by atoms with E-state index in [2.05, 4.69) is 0 Å². The number of carbonyl (C=O) groups excluding carboxylic acids is 1. The van der Waals surface area contributed by atoms with E-state index in [0.717, 1.165) is 0 Å². The van der Waals surface area contributed by atoms with Crippen molar-refractivity contribution < 1.29 is 4.79 Å². The topological polar surface area (TPSA) is 43.1 Å². The molecule has 0 aliphatic heterocycles.